The van der Waals surface area contributed by atoms with E-state index in [1.165, 1.54) is 5.57 Å². The van der Waals surface area contributed by atoms with E-state index in [1.54, 1.807) is 0 Å². The molecule has 1 fully saturated rings. The van der Waals surface area contributed by atoms with Crippen molar-refractivity contribution in [2.75, 3.05) is 13.3 Å². The van der Waals surface area contributed by atoms with Crippen molar-refractivity contribution in [2.24, 2.45) is 0 Å². The molecule has 0 N–H and O–H groups in total. The minimum absolute atomic E-state index is 0.545. The average Bonchev–Trinajstić information content (AvgIpc) is 2.05. The maximum Gasteiger partial charge on any atom is 0.154 e. The summed E-state index contributed by atoms with van der Waals surface area (Å²) in [5.41, 5.74) is 1.28. The van der Waals surface area contributed by atoms with Crippen LogP contribution in [0.1, 0.15) is 12.8 Å². The van der Waals surface area contributed by atoms with Gasteiger partial charge in [-0.3, -0.25) is 0 Å². The Kier molecular flexibility index (Phi) is 1.47. The molecule has 0 unspecified atom stereocenters. The molecule has 0 amide bonds. The Labute approximate surface area is 60.6 Å². The van der Waals surface area contributed by atoms with Gasteiger partial charge >= 0.3 is 0 Å². The molecular formula is C8H10NO. The Hall–Kier alpha value is -0.760. The molecule has 1 saturated heterocycles. The summed E-state index contributed by atoms with van der Waals surface area (Å²) in [6.07, 6.45) is 6.65. The second-order valence-electron chi connectivity index (χ2n) is 2.53. The lowest BCUT2D eigenvalue weighted by Gasteiger charge is -2.21. The van der Waals surface area contributed by atoms with E-state index >= 15 is 0 Å². The van der Waals surface area contributed by atoms with Gasteiger partial charge in [-0.1, -0.05) is 6.08 Å². The normalized spacial score (nSPS) is 24.0. The summed E-state index contributed by atoms with van der Waals surface area (Å²) < 4.78 is 5.31. The van der Waals surface area contributed by atoms with Crippen LogP contribution in [-0.4, -0.2) is 13.3 Å². The summed E-state index contributed by atoms with van der Waals surface area (Å²) in [5.74, 6) is 1.07. The summed E-state index contributed by atoms with van der Waals surface area (Å²) in [4.78, 5) is 0. The van der Waals surface area contributed by atoms with Crippen molar-refractivity contribution in [3.63, 3.8) is 0 Å². The van der Waals surface area contributed by atoms with Gasteiger partial charge in [0.05, 0.1) is 0 Å². The zero-order valence-electron chi connectivity index (χ0n) is 5.84. The average molecular weight is 136 g/mol. The summed E-state index contributed by atoms with van der Waals surface area (Å²) in [6.45, 7) is 1.40. The smallest absolute Gasteiger partial charge is 0.154 e. The molecule has 0 bridgehead atoms. The lowest BCUT2D eigenvalue weighted by Crippen LogP contribution is -2.22. The second-order valence-corrected chi connectivity index (χ2v) is 2.53. The van der Waals surface area contributed by atoms with Gasteiger partial charge in [0.25, 0.3) is 0 Å². The number of ether oxygens (including phenoxy) is 1. The molecule has 1 heterocycles. The molecule has 2 aliphatic rings. The molecule has 2 heteroatoms. The molecule has 1 aliphatic carbocycles. The summed E-state index contributed by atoms with van der Waals surface area (Å²) in [7, 11) is 0. The summed E-state index contributed by atoms with van der Waals surface area (Å²) >= 11 is 0. The van der Waals surface area contributed by atoms with Crippen molar-refractivity contribution in [2.45, 2.75) is 12.8 Å². The van der Waals surface area contributed by atoms with Crippen molar-refractivity contribution in [3.8, 4) is 0 Å². The van der Waals surface area contributed by atoms with Gasteiger partial charge in [-0.25, -0.2) is 0 Å². The van der Waals surface area contributed by atoms with E-state index < -0.39 is 0 Å². The molecule has 0 aromatic heterocycles. The van der Waals surface area contributed by atoms with Crippen LogP contribution < -0.4 is 5.32 Å². The number of hydrogen-bond donors (Lipinski definition) is 0. The minimum atomic E-state index is 0.545. The fourth-order valence-corrected chi connectivity index (χ4v) is 1.28. The molecule has 0 saturated carbocycles. The fourth-order valence-electron chi connectivity index (χ4n) is 1.28. The number of allylic oxidation sites excluding steroid dienone is 2. The number of hydrogen-bond acceptors (Lipinski definition) is 1. The predicted molar refractivity (Wildman–Crippen MR) is 38.4 cm³/mol. The second kappa shape index (κ2) is 2.46. The van der Waals surface area contributed by atoms with Gasteiger partial charge in [0, 0.05) is 12.1 Å². The maximum absolute atomic E-state index is 5.31. The highest BCUT2D eigenvalue weighted by molar-refractivity contribution is 5.31. The van der Waals surface area contributed by atoms with E-state index in [9.17, 15) is 0 Å². The van der Waals surface area contributed by atoms with Crippen LogP contribution in [0.2, 0.25) is 0 Å². The molecule has 1 aliphatic heterocycles. The quantitative estimate of drug-likeness (QED) is 0.490. The Bertz CT molecular complexity index is 171. The van der Waals surface area contributed by atoms with Crippen molar-refractivity contribution >= 4 is 0 Å². The largest absolute Gasteiger partial charge is 0.477 e. The third-order valence-corrected chi connectivity index (χ3v) is 1.80. The van der Waals surface area contributed by atoms with Crippen molar-refractivity contribution in [3.05, 3.63) is 23.5 Å². The van der Waals surface area contributed by atoms with E-state index in [2.05, 4.69) is 17.5 Å². The highest BCUT2D eigenvalue weighted by Gasteiger charge is 2.14. The standard InChI is InChI=1S/C8H10NO/c1-2-4-8-7(3-1)5-9-6-10-8/h3-4H,1-2,5-6H2. The molecule has 0 aromatic rings. The zero-order valence-corrected chi connectivity index (χ0v) is 5.84. The van der Waals surface area contributed by atoms with Crippen molar-refractivity contribution < 1.29 is 4.74 Å². The number of fused-ring (bicyclic) bond motifs is 1. The van der Waals surface area contributed by atoms with Gasteiger partial charge in [0.2, 0.25) is 0 Å². The molecule has 1 radical (unpaired) electrons. The predicted octanol–water partition coefficient (Wildman–Crippen LogP) is 1.18. The topological polar surface area (TPSA) is 23.3 Å². The van der Waals surface area contributed by atoms with Crippen LogP contribution in [0.15, 0.2) is 23.5 Å². The van der Waals surface area contributed by atoms with E-state index in [0.717, 1.165) is 25.1 Å². The molecule has 10 heavy (non-hydrogen) atoms. The van der Waals surface area contributed by atoms with Gasteiger partial charge < -0.3 is 4.74 Å². The third-order valence-electron chi connectivity index (χ3n) is 1.80. The number of nitrogens with zero attached hydrogens (tertiary/aromatic N) is 1. The summed E-state index contributed by atoms with van der Waals surface area (Å²) in [5, 5.41) is 4.13. The summed E-state index contributed by atoms with van der Waals surface area (Å²) in [6, 6.07) is 0. The van der Waals surface area contributed by atoms with E-state index in [-0.39, 0.29) is 0 Å². The highest BCUT2D eigenvalue weighted by atomic mass is 16.5. The Morgan fingerprint density at radius 2 is 2.20 bits per heavy atom. The van der Waals surface area contributed by atoms with Crippen LogP contribution in [0, 0.1) is 0 Å². The SMILES string of the molecule is C1=C2C[N]COC2=CCC1. The minimum Gasteiger partial charge on any atom is -0.477 e. The third kappa shape index (κ3) is 0.948. The molecule has 2 nitrogen and oxygen atoms in total. The lowest BCUT2D eigenvalue weighted by atomic mass is 10.0. The first kappa shape index (κ1) is 5.98. The van der Waals surface area contributed by atoms with Crippen LogP contribution >= 0.6 is 0 Å². The van der Waals surface area contributed by atoms with Crippen LogP contribution in [-0.2, 0) is 4.74 Å². The molecule has 0 spiro atoms. The maximum atomic E-state index is 5.31. The Morgan fingerprint density at radius 1 is 1.30 bits per heavy atom. The van der Waals surface area contributed by atoms with Gasteiger partial charge in [-0.05, 0) is 18.9 Å². The molecular weight excluding hydrogens is 126 g/mol. The highest BCUT2D eigenvalue weighted by Crippen LogP contribution is 2.21. The molecule has 2 rings (SSSR count). The van der Waals surface area contributed by atoms with Crippen LogP contribution in [0.5, 0.6) is 0 Å². The fraction of sp³-hybridized carbons (Fsp3) is 0.500. The first-order chi connectivity index (χ1) is 4.97. The van der Waals surface area contributed by atoms with Crippen LogP contribution in [0.25, 0.3) is 0 Å². The monoisotopic (exact) mass is 136 g/mol. The lowest BCUT2D eigenvalue weighted by molar-refractivity contribution is 0.171. The molecule has 0 aromatic carbocycles. The van der Waals surface area contributed by atoms with E-state index in [0.29, 0.717) is 6.73 Å². The first-order valence-electron chi connectivity index (χ1n) is 3.62. The molecule has 53 valence electrons. The zero-order chi connectivity index (χ0) is 6.81. The van der Waals surface area contributed by atoms with Gasteiger partial charge in [0.15, 0.2) is 6.73 Å². The van der Waals surface area contributed by atoms with Crippen molar-refractivity contribution in [1.82, 2.24) is 5.32 Å². The van der Waals surface area contributed by atoms with Crippen molar-refractivity contribution in [1.29, 1.82) is 0 Å². The van der Waals surface area contributed by atoms with Crippen LogP contribution in [0.4, 0.5) is 0 Å². The Balaban J connectivity index is 2.19. The van der Waals surface area contributed by atoms with E-state index in [1.807, 2.05) is 0 Å². The number of rotatable bonds is 0. The molecule has 0 atom stereocenters. The van der Waals surface area contributed by atoms with Gasteiger partial charge in [-0.15, -0.1) is 0 Å². The van der Waals surface area contributed by atoms with Crippen LogP contribution in [0.3, 0.4) is 0 Å². The van der Waals surface area contributed by atoms with Gasteiger partial charge in [0.1, 0.15) is 5.76 Å². The van der Waals surface area contributed by atoms with Gasteiger partial charge in [-0.2, -0.15) is 5.32 Å². The first-order valence-corrected chi connectivity index (χ1v) is 3.62. The Morgan fingerprint density at radius 3 is 3.10 bits per heavy atom. The van der Waals surface area contributed by atoms with E-state index in [4.69, 9.17) is 4.74 Å².